The van der Waals surface area contributed by atoms with Gasteiger partial charge in [-0.15, -0.1) is 0 Å². The summed E-state index contributed by atoms with van der Waals surface area (Å²) < 4.78 is 0. The van der Waals surface area contributed by atoms with Crippen LogP contribution in [0, 0.1) is 5.92 Å². The van der Waals surface area contributed by atoms with Gasteiger partial charge in [0, 0.05) is 25.1 Å². The second-order valence-corrected chi connectivity index (χ2v) is 8.29. The first-order chi connectivity index (χ1) is 15.0. The van der Waals surface area contributed by atoms with E-state index < -0.39 is 12.0 Å². The molecule has 1 aliphatic carbocycles. The van der Waals surface area contributed by atoms with Crippen molar-refractivity contribution in [2.75, 3.05) is 5.32 Å². The number of carboxylic acids is 1. The lowest BCUT2D eigenvalue weighted by atomic mass is 9.84. The van der Waals surface area contributed by atoms with E-state index in [1.807, 2.05) is 24.3 Å². The molecule has 8 nitrogen and oxygen atoms in total. The molecule has 2 rings (SSSR count). The third-order valence-corrected chi connectivity index (χ3v) is 5.83. The van der Waals surface area contributed by atoms with Crippen molar-refractivity contribution < 1.29 is 24.7 Å². The molecule has 0 radical (unpaired) electrons. The van der Waals surface area contributed by atoms with E-state index in [0.717, 1.165) is 56.2 Å². The van der Waals surface area contributed by atoms with Crippen LogP contribution in [-0.4, -0.2) is 34.1 Å². The number of unbranched alkanes of at least 4 members (excludes halogenated alkanes) is 3. The zero-order valence-corrected chi connectivity index (χ0v) is 18.1. The van der Waals surface area contributed by atoms with Gasteiger partial charge < -0.3 is 15.7 Å². The van der Waals surface area contributed by atoms with Gasteiger partial charge in [0.25, 0.3) is 0 Å². The molecule has 1 aromatic rings. The molecule has 5 N–H and O–H groups in total. The normalized spacial score (nSPS) is 15.3. The summed E-state index contributed by atoms with van der Waals surface area (Å²) in [6.45, 7) is 0.482. The van der Waals surface area contributed by atoms with E-state index in [1.54, 1.807) is 5.48 Å². The minimum absolute atomic E-state index is 0.0535. The minimum Gasteiger partial charge on any atom is -0.480 e. The van der Waals surface area contributed by atoms with Gasteiger partial charge in [0.1, 0.15) is 6.04 Å². The topological polar surface area (TPSA) is 128 Å². The lowest BCUT2D eigenvalue weighted by Gasteiger charge is -2.28. The zero-order chi connectivity index (χ0) is 22.5. The highest BCUT2D eigenvalue weighted by molar-refractivity contribution is 5.90. The fraction of sp³-hybridized carbons (Fsp3) is 0.609. The van der Waals surface area contributed by atoms with Crippen LogP contribution in [-0.2, 0) is 20.9 Å². The molecule has 172 valence electrons. The third-order valence-electron chi connectivity index (χ3n) is 5.83. The molecule has 1 saturated carbocycles. The van der Waals surface area contributed by atoms with Gasteiger partial charge in [-0.2, -0.15) is 0 Å². The molecule has 0 spiro atoms. The Kier molecular flexibility index (Phi) is 11.0. The van der Waals surface area contributed by atoms with E-state index in [4.69, 9.17) is 5.21 Å². The summed E-state index contributed by atoms with van der Waals surface area (Å²) in [6.07, 6.45) is 9.15. The molecule has 1 aromatic carbocycles. The van der Waals surface area contributed by atoms with Crippen LogP contribution in [0.1, 0.15) is 76.2 Å². The monoisotopic (exact) mass is 433 g/mol. The molecule has 8 heteroatoms. The number of benzene rings is 1. The molecule has 0 aromatic heterocycles. The van der Waals surface area contributed by atoms with Gasteiger partial charge in [-0.05, 0) is 49.3 Å². The van der Waals surface area contributed by atoms with Gasteiger partial charge in [-0.1, -0.05) is 44.2 Å². The van der Waals surface area contributed by atoms with Crippen LogP contribution in [0.3, 0.4) is 0 Å². The second kappa shape index (κ2) is 13.8. The molecule has 0 aliphatic heterocycles. The van der Waals surface area contributed by atoms with E-state index in [9.17, 15) is 19.5 Å². The van der Waals surface area contributed by atoms with Crippen molar-refractivity contribution in [3.05, 3.63) is 29.8 Å². The highest BCUT2D eigenvalue weighted by Gasteiger charge is 2.28. The van der Waals surface area contributed by atoms with Crippen molar-refractivity contribution in [1.82, 2.24) is 10.8 Å². The first kappa shape index (κ1) is 24.8. The highest BCUT2D eigenvalue weighted by Crippen LogP contribution is 2.27. The summed E-state index contributed by atoms with van der Waals surface area (Å²) >= 11 is 0. The molecule has 2 amide bonds. The van der Waals surface area contributed by atoms with Crippen molar-refractivity contribution >= 4 is 23.5 Å². The maximum absolute atomic E-state index is 12.1. The smallest absolute Gasteiger partial charge is 0.320 e. The molecule has 31 heavy (non-hydrogen) atoms. The standard InChI is InChI=1S/C23H35N3O5/c27-20(10-6-1-2-7-11-21(28)26-31)25-19-14-12-17(13-15-19)16-24-22(23(29)30)18-8-4-3-5-9-18/h12-15,18,22,24,31H,1-11,16H2,(H,25,27)(H,26,28)(H,29,30). The highest BCUT2D eigenvalue weighted by atomic mass is 16.5. The first-order valence-corrected chi connectivity index (χ1v) is 11.3. The quantitative estimate of drug-likeness (QED) is 0.184. The molecule has 0 heterocycles. The fourth-order valence-corrected chi connectivity index (χ4v) is 4.06. The average molecular weight is 434 g/mol. The largest absolute Gasteiger partial charge is 0.480 e. The van der Waals surface area contributed by atoms with Crippen LogP contribution >= 0.6 is 0 Å². The number of hydroxylamine groups is 1. The molecular formula is C23H35N3O5. The lowest BCUT2D eigenvalue weighted by molar-refractivity contribution is -0.141. The molecule has 1 atom stereocenters. The number of aliphatic carboxylic acids is 1. The number of anilines is 1. The minimum atomic E-state index is -0.785. The summed E-state index contributed by atoms with van der Waals surface area (Å²) in [6, 6.07) is 6.94. The van der Waals surface area contributed by atoms with Crippen molar-refractivity contribution in [3.63, 3.8) is 0 Å². The maximum Gasteiger partial charge on any atom is 0.320 e. The predicted octanol–water partition coefficient (Wildman–Crippen LogP) is 3.59. The molecule has 1 aliphatic rings. The second-order valence-electron chi connectivity index (χ2n) is 8.29. The van der Waals surface area contributed by atoms with E-state index in [2.05, 4.69) is 10.6 Å². The van der Waals surface area contributed by atoms with Crippen LogP contribution in [0.25, 0.3) is 0 Å². The van der Waals surface area contributed by atoms with Gasteiger partial charge in [0.05, 0.1) is 0 Å². The molecule has 1 fully saturated rings. The number of carbonyl (C=O) groups is 3. The average Bonchev–Trinajstić information content (AvgIpc) is 2.77. The first-order valence-electron chi connectivity index (χ1n) is 11.3. The van der Waals surface area contributed by atoms with E-state index in [0.29, 0.717) is 19.4 Å². The number of carbonyl (C=O) groups excluding carboxylic acids is 2. The number of rotatable bonds is 13. The summed E-state index contributed by atoms with van der Waals surface area (Å²) in [5.41, 5.74) is 3.30. The van der Waals surface area contributed by atoms with Gasteiger partial charge in [-0.3, -0.25) is 19.6 Å². The van der Waals surface area contributed by atoms with Crippen molar-refractivity contribution in [2.45, 2.75) is 83.2 Å². The Morgan fingerprint density at radius 1 is 0.903 bits per heavy atom. The number of nitrogens with one attached hydrogen (secondary N) is 3. The van der Waals surface area contributed by atoms with Crippen LogP contribution in [0.5, 0.6) is 0 Å². The van der Waals surface area contributed by atoms with E-state index >= 15 is 0 Å². The van der Waals surface area contributed by atoms with Crippen molar-refractivity contribution in [2.24, 2.45) is 5.92 Å². The molecular weight excluding hydrogens is 398 g/mol. The molecule has 0 saturated heterocycles. The lowest BCUT2D eigenvalue weighted by Crippen LogP contribution is -2.43. The Bertz CT molecular complexity index is 702. The van der Waals surface area contributed by atoms with Crippen LogP contribution in [0.15, 0.2) is 24.3 Å². The Labute approximate surface area is 183 Å². The third kappa shape index (κ3) is 9.48. The van der Waals surface area contributed by atoms with E-state index in [1.165, 1.54) is 6.42 Å². The van der Waals surface area contributed by atoms with Gasteiger partial charge >= 0.3 is 5.97 Å². The molecule has 1 unspecified atom stereocenters. The molecule has 0 bridgehead atoms. The number of hydrogen-bond acceptors (Lipinski definition) is 5. The van der Waals surface area contributed by atoms with E-state index in [-0.39, 0.29) is 24.2 Å². The maximum atomic E-state index is 12.1. The van der Waals surface area contributed by atoms with Crippen LogP contribution < -0.4 is 16.1 Å². The van der Waals surface area contributed by atoms with Gasteiger partial charge in [0.2, 0.25) is 11.8 Å². The number of carboxylic acid groups (broad SMARTS) is 1. The Hall–Kier alpha value is -2.45. The van der Waals surface area contributed by atoms with Gasteiger partial charge in [0.15, 0.2) is 0 Å². The number of amides is 2. The Morgan fingerprint density at radius 2 is 1.52 bits per heavy atom. The fourth-order valence-electron chi connectivity index (χ4n) is 4.06. The Morgan fingerprint density at radius 3 is 2.10 bits per heavy atom. The number of hydrogen-bond donors (Lipinski definition) is 5. The van der Waals surface area contributed by atoms with Crippen molar-refractivity contribution in [1.29, 1.82) is 0 Å². The van der Waals surface area contributed by atoms with Gasteiger partial charge in [-0.25, -0.2) is 5.48 Å². The summed E-state index contributed by atoms with van der Waals surface area (Å²) in [4.78, 5) is 34.6. The summed E-state index contributed by atoms with van der Waals surface area (Å²) in [5.74, 6) is -1.03. The Balaban J connectivity index is 1.68. The SMILES string of the molecule is O=C(CCCCCCC(=O)Nc1ccc(CNC(C(=O)O)C2CCCCC2)cc1)NO. The summed E-state index contributed by atoms with van der Waals surface area (Å²) in [7, 11) is 0. The van der Waals surface area contributed by atoms with Crippen LogP contribution in [0.2, 0.25) is 0 Å². The van der Waals surface area contributed by atoms with Crippen molar-refractivity contribution in [3.8, 4) is 0 Å². The summed E-state index contributed by atoms with van der Waals surface area (Å²) in [5, 5.41) is 24.0. The predicted molar refractivity (Wildman–Crippen MR) is 118 cm³/mol. The van der Waals surface area contributed by atoms with Crippen LogP contribution in [0.4, 0.5) is 5.69 Å². The zero-order valence-electron chi connectivity index (χ0n) is 18.1.